The summed E-state index contributed by atoms with van der Waals surface area (Å²) in [6, 6.07) is 2.12. The Morgan fingerprint density at radius 3 is 3.00 bits per heavy atom. The predicted molar refractivity (Wildman–Crippen MR) is 85.4 cm³/mol. The van der Waals surface area contributed by atoms with E-state index >= 15 is 0 Å². The number of ether oxygens (including phenoxy) is 2. The number of aromatic nitrogens is 2. The lowest BCUT2D eigenvalue weighted by atomic mass is 10.3. The van der Waals surface area contributed by atoms with E-state index in [2.05, 4.69) is 33.6 Å². The van der Waals surface area contributed by atoms with Crippen molar-refractivity contribution in [3.8, 4) is 0 Å². The fraction of sp³-hybridized carbons (Fsp3) is 0.571. The van der Waals surface area contributed by atoms with Crippen LogP contribution in [0.5, 0.6) is 0 Å². The fourth-order valence-corrected chi connectivity index (χ4v) is 3.16. The lowest BCUT2D eigenvalue weighted by Gasteiger charge is -2.23. The van der Waals surface area contributed by atoms with Gasteiger partial charge < -0.3 is 20.1 Å². The molecule has 0 aromatic carbocycles. The maximum atomic E-state index is 5.65. The molecule has 2 aromatic heterocycles. The largest absolute Gasteiger partial charge is 0.376 e. The lowest BCUT2D eigenvalue weighted by Crippen LogP contribution is -2.34. The molecule has 3 heterocycles. The summed E-state index contributed by atoms with van der Waals surface area (Å²) in [5.41, 5.74) is 0. The third-order valence-electron chi connectivity index (χ3n) is 3.23. The number of fused-ring (bicyclic) bond motifs is 1. The van der Waals surface area contributed by atoms with Crippen molar-refractivity contribution in [2.45, 2.75) is 20.0 Å². The Balaban J connectivity index is 1.81. The molecule has 1 atom stereocenters. The molecule has 114 valence electrons. The molecule has 21 heavy (non-hydrogen) atoms. The summed E-state index contributed by atoms with van der Waals surface area (Å²) in [4.78, 5) is 11.3. The highest BCUT2D eigenvalue weighted by molar-refractivity contribution is 7.18. The molecular weight excluding hydrogens is 288 g/mol. The van der Waals surface area contributed by atoms with Crippen molar-refractivity contribution >= 4 is 33.3 Å². The summed E-state index contributed by atoms with van der Waals surface area (Å²) in [5, 5.41) is 7.62. The minimum Gasteiger partial charge on any atom is -0.376 e. The maximum Gasteiger partial charge on any atom is 0.226 e. The van der Waals surface area contributed by atoms with Crippen LogP contribution in [-0.4, -0.2) is 49.0 Å². The first-order valence-electron chi connectivity index (χ1n) is 7.21. The summed E-state index contributed by atoms with van der Waals surface area (Å²) < 4.78 is 11.1. The van der Waals surface area contributed by atoms with Gasteiger partial charge in [-0.2, -0.15) is 4.98 Å². The van der Waals surface area contributed by atoms with Crippen molar-refractivity contribution < 1.29 is 9.47 Å². The Labute approximate surface area is 127 Å². The second-order valence-corrected chi connectivity index (χ2v) is 6.19. The molecule has 7 heteroatoms. The molecule has 0 spiro atoms. The average molecular weight is 308 g/mol. The van der Waals surface area contributed by atoms with E-state index in [1.54, 1.807) is 11.3 Å². The Morgan fingerprint density at radius 1 is 1.33 bits per heavy atom. The van der Waals surface area contributed by atoms with E-state index in [9.17, 15) is 0 Å². The molecule has 0 amide bonds. The summed E-state index contributed by atoms with van der Waals surface area (Å²) in [7, 11) is 0. The van der Waals surface area contributed by atoms with Crippen LogP contribution in [0.2, 0.25) is 0 Å². The smallest absolute Gasteiger partial charge is 0.226 e. The number of hydrogen-bond acceptors (Lipinski definition) is 7. The molecule has 0 radical (unpaired) electrons. The van der Waals surface area contributed by atoms with Crippen LogP contribution < -0.4 is 10.6 Å². The highest BCUT2D eigenvalue weighted by Crippen LogP contribution is 2.29. The van der Waals surface area contributed by atoms with Crippen molar-refractivity contribution in [1.82, 2.24) is 9.97 Å². The topological polar surface area (TPSA) is 68.3 Å². The van der Waals surface area contributed by atoms with Crippen LogP contribution in [0.4, 0.5) is 11.8 Å². The second kappa shape index (κ2) is 6.55. The van der Waals surface area contributed by atoms with Crippen LogP contribution in [0.25, 0.3) is 10.2 Å². The van der Waals surface area contributed by atoms with Crippen molar-refractivity contribution in [3.63, 3.8) is 0 Å². The van der Waals surface area contributed by atoms with Gasteiger partial charge in [0.2, 0.25) is 5.95 Å². The average Bonchev–Trinajstić information content (AvgIpc) is 2.86. The molecule has 0 saturated carbocycles. The summed E-state index contributed by atoms with van der Waals surface area (Å²) >= 11 is 1.68. The molecule has 0 bridgehead atoms. The molecule has 0 aliphatic carbocycles. The molecule has 3 rings (SSSR count). The van der Waals surface area contributed by atoms with E-state index < -0.39 is 0 Å². The zero-order valence-electron chi connectivity index (χ0n) is 12.3. The highest BCUT2D eigenvalue weighted by atomic mass is 32.1. The minimum absolute atomic E-state index is 0.0751. The Morgan fingerprint density at radius 2 is 2.24 bits per heavy atom. The molecule has 1 unspecified atom stereocenters. The summed E-state index contributed by atoms with van der Waals surface area (Å²) in [5.74, 6) is 1.52. The minimum atomic E-state index is 0.0751. The van der Waals surface area contributed by atoms with Crippen LogP contribution in [0.1, 0.15) is 11.8 Å². The SMILES string of the molecule is CCNc1nc(NCC2COCCO2)c2cc(C)sc2n1. The number of nitrogens with one attached hydrogen (secondary N) is 2. The van der Waals surface area contributed by atoms with Gasteiger partial charge in [-0.25, -0.2) is 4.98 Å². The summed E-state index contributed by atoms with van der Waals surface area (Å²) in [6.45, 7) is 7.58. The van der Waals surface area contributed by atoms with Crippen molar-refractivity contribution in [3.05, 3.63) is 10.9 Å². The van der Waals surface area contributed by atoms with Crippen LogP contribution in [0, 0.1) is 6.92 Å². The molecule has 6 nitrogen and oxygen atoms in total. The van der Waals surface area contributed by atoms with Crippen LogP contribution >= 0.6 is 11.3 Å². The van der Waals surface area contributed by atoms with Gasteiger partial charge in [0.15, 0.2) is 0 Å². The molecule has 1 aliphatic rings. The van der Waals surface area contributed by atoms with Gasteiger partial charge in [-0.1, -0.05) is 0 Å². The first kappa shape index (κ1) is 14.5. The zero-order valence-corrected chi connectivity index (χ0v) is 13.1. The highest BCUT2D eigenvalue weighted by Gasteiger charge is 2.16. The third-order valence-corrected chi connectivity index (χ3v) is 4.18. The molecule has 2 aromatic rings. The molecule has 1 saturated heterocycles. The Bertz CT molecular complexity index is 610. The first-order chi connectivity index (χ1) is 10.3. The van der Waals surface area contributed by atoms with Gasteiger partial charge in [0.25, 0.3) is 0 Å². The quantitative estimate of drug-likeness (QED) is 0.883. The zero-order chi connectivity index (χ0) is 14.7. The Hall–Kier alpha value is -1.44. The van der Waals surface area contributed by atoms with Crippen molar-refractivity contribution in [2.75, 3.05) is 43.5 Å². The maximum absolute atomic E-state index is 5.65. The standard InChI is InChI=1S/C14H20N4O2S/c1-3-15-14-17-12(11-6-9(2)21-13(11)18-14)16-7-10-8-19-4-5-20-10/h6,10H,3-5,7-8H2,1-2H3,(H2,15,16,17,18). The number of rotatable bonds is 5. The molecule has 1 aliphatic heterocycles. The van der Waals surface area contributed by atoms with E-state index in [1.165, 1.54) is 4.88 Å². The molecule has 1 fully saturated rings. The van der Waals surface area contributed by atoms with Gasteiger partial charge in [-0.15, -0.1) is 11.3 Å². The van der Waals surface area contributed by atoms with Gasteiger partial charge in [-0.3, -0.25) is 0 Å². The number of hydrogen-bond donors (Lipinski definition) is 2. The molecule has 2 N–H and O–H groups in total. The Kier molecular flexibility index (Phi) is 4.52. The van der Waals surface area contributed by atoms with Crippen LogP contribution in [-0.2, 0) is 9.47 Å². The van der Waals surface area contributed by atoms with Crippen molar-refractivity contribution in [1.29, 1.82) is 0 Å². The van der Waals surface area contributed by atoms with E-state index in [0.29, 0.717) is 32.3 Å². The van der Waals surface area contributed by atoms with Crippen LogP contribution in [0.3, 0.4) is 0 Å². The van der Waals surface area contributed by atoms with Gasteiger partial charge in [0.1, 0.15) is 10.6 Å². The first-order valence-corrected chi connectivity index (χ1v) is 8.03. The van der Waals surface area contributed by atoms with Gasteiger partial charge in [0.05, 0.1) is 31.3 Å². The van der Waals surface area contributed by atoms with Crippen LogP contribution in [0.15, 0.2) is 6.07 Å². The van der Waals surface area contributed by atoms with E-state index in [4.69, 9.17) is 9.47 Å². The predicted octanol–water partition coefficient (Wildman–Crippen LogP) is 2.26. The van der Waals surface area contributed by atoms with E-state index in [0.717, 1.165) is 22.6 Å². The monoisotopic (exact) mass is 308 g/mol. The molecular formula is C14H20N4O2S. The number of thiophene rings is 1. The van der Waals surface area contributed by atoms with E-state index in [-0.39, 0.29) is 6.10 Å². The number of anilines is 2. The normalized spacial score (nSPS) is 18.9. The van der Waals surface area contributed by atoms with Gasteiger partial charge in [-0.05, 0) is 19.9 Å². The summed E-state index contributed by atoms with van der Waals surface area (Å²) in [6.07, 6.45) is 0.0751. The van der Waals surface area contributed by atoms with Crippen molar-refractivity contribution in [2.24, 2.45) is 0 Å². The lowest BCUT2D eigenvalue weighted by molar-refractivity contribution is -0.0819. The number of nitrogens with zero attached hydrogens (tertiary/aromatic N) is 2. The third kappa shape index (κ3) is 3.42. The second-order valence-electron chi connectivity index (χ2n) is 4.95. The van der Waals surface area contributed by atoms with Gasteiger partial charge >= 0.3 is 0 Å². The van der Waals surface area contributed by atoms with E-state index in [1.807, 2.05) is 6.92 Å². The van der Waals surface area contributed by atoms with Gasteiger partial charge in [0, 0.05) is 18.0 Å². The number of aryl methyl sites for hydroxylation is 1. The fourth-order valence-electron chi connectivity index (χ4n) is 2.28.